The van der Waals surface area contributed by atoms with E-state index in [0.717, 1.165) is 0 Å². The monoisotopic (exact) mass is 530 g/mol. The molecule has 0 amide bonds. The Labute approximate surface area is 218 Å². The summed E-state index contributed by atoms with van der Waals surface area (Å²) in [5.74, 6) is -6.84. The number of hydrogen-bond donors (Lipinski definition) is 1. The van der Waals surface area contributed by atoms with Crippen LogP contribution in [0.25, 0.3) is 0 Å². The number of rotatable bonds is 10. The lowest BCUT2D eigenvalue weighted by molar-refractivity contribution is -0.260. The number of hydrogen-bond acceptors (Lipinski definition) is 11. The molecular formula is C26H42O11. The van der Waals surface area contributed by atoms with Gasteiger partial charge in [0.05, 0.1) is 29.6 Å². The highest BCUT2D eigenvalue weighted by Gasteiger charge is 2.59. The molecule has 1 aliphatic rings. The number of carbonyl (C=O) groups excluding carboxylic acids is 5. The Kier molecular flexibility index (Phi) is 12.0. The fourth-order valence-electron chi connectivity index (χ4n) is 3.16. The fraction of sp³-hybridized carbons (Fsp3) is 0.808. The Hall–Kier alpha value is -2.69. The molecule has 1 N–H and O–H groups in total. The van der Waals surface area contributed by atoms with Crippen LogP contribution in [0.5, 0.6) is 0 Å². The summed E-state index contributed by atoms with van der Waals surface area (Å²) in [4.78, 5) is 63.2. The molecule has 1 saturated carbocycles. The average Bonchev–Trinajstić information content (AvgIpc) is 2.79. The second-order valence-corrected chi connectivity index (χ2v) is 10.8. The summed E-state index contributed by atoms with van der Waals surface area (Å²) in [6, 6.07) is 0. The van der Waals surface area contributed by atoms with E-state index < -0.39 is 96.1 Å². The standard InChI is InChI=1S/C26H42O11/c1-11(2)22(28)33-17-16(27)18(34-23(29)12(3)4)20(36-25(31)14(7)8)21(37-26(32)15(9)10)19(17)35-24(30)13(5)6/h11-21,27H,1-10H3/t16-,17+,18-,19-,20+,21+. The van der Waals surface area contributed by atoms with E-state index in [0.29, 0.717) is 0 Å². The van der Waals surface area contributed by atoms with Crippen LogP contribution in [0.1, 0.15) is 69.2 Å². The van der Waals surface area contributed by atoms with Crippen molar-refractivity contribution in [3.63, 3.8) is 0 Å². The number of carbonyl (C=O) groups is 5. The maximum atomic E-state index is 12.7. The molecule has 1 aliphatic carbocycles. The summed E-state index contributed by atoms with van der Waals surface area (Å²) in [7, 11) is 0. The second-order valence-electron chi connectivity index (χ2n) is 10.8. The molecule has 37 heavy (non-hydrogen) atoms. The zero-order valence-electron chi connectivity index (χ0n) is 23.4. The van der Waals surface area contributed by atoms with E-state index in [9.17, 15) is 29.1 Å². The largest absolute Gasteiger partial charge is 0.455 e. The number of aliphatic hydroxyl groups is 1. The van der Waals surface area contributed by atoms with Gasteiger partial charge in [-0.15, -0.1) is 0 Å². The van der Waals surface area contributed by atoms with Crippen molar-refractivity contribution in [2.75, 3.05) is 0 Å². The minimum Gasteiger partial charge on any atom is -0.455 e. The Morgan fingerprint density at radius 2 is 0.568 bits per heavy atom. The van der Waals surface area contributed by atoms with Crippen molar-refractivity contribution in [1.82, 2.24) is 0 Å². The van der Waals surface area contributed by atoms with Crippen molar-refractivity contribution >= 4 is 29.8 Å². The molecule has 1 rings (SSSR count). The quantitative estimate of drug-likeness (QED) is 0.327. The van der Waals surface area contributed by atoms with Crippen molar-refractivity contribution < 1.29 is 52.8 Å². The lowest BCUT2D eigenvalue weighted by atomic mass is 9.83. The molecule has 0 spiro atoms. The van der Waals surface area contributed by atoms with E-state index in [1.165, 1.54) is 0 Å². The molecule has 6 atom stereocenters. The Balaban J connectivity index is 3.76. The van der Waals surface area contributed by atoms with Gasteiger partial charge in [0.15, 0.2) is 30.5 Å². The molecule has 11 nitrogen and oxygen atoms in total. The lowest BCUT2D eigenvalue weighted by Gasteiger charge is -2.46. The first-order valence-corrected chi connectivity index (χ1v) is 12.7. The van der Waals surface area contributed by atoms with Gasteiger partial charge in [-0.05, 0) is 0 Å². The van der Waals surface area contributed by atoms with Gasteiger partial charge >= 0.3 is 29.8 Å². The molecule has 212 valence electrons. The zero-order chi connectivity index (χ0) is 28.8. The van der Waals surface area contributed by atoms with E-state index in [4.69, 9.17) is 23.7 Å². The molecule has 0 aromatic heterocycles. The molecule has 0 aromatic rings. The Morgan fingerprint density at radius 3 is 0.757 bits per heavy atom. The maximum absolute atomic E-state index is 12.7. The molecule has 11 heteroatoms. The SMILES string of the molecule is CC(C)C(=O)O[C@@H]1[C@@H](OC(=O)C(C)C)[C@H](OC(=O)C(C)C)[C@H](O)[C@H](OC(=O)C(C)C)[C@H]1OC(=O)C(C)C. The fourth-order valence-corrected chi connectivity index (χ4v) is 3.16. The molecule has 0 aromatic carbocycles. The summed E-state index contributed by atoms with van der Waals surface area (Å²) < 4.78 is 27.9. The third kappa shape index (κ3) is 8.69. The maximum Gasteiger partial charge on any atom is 0.308 e. The van der Waals surface area contributed by atoms with Crippen molar-refractivity contribution in [3.8, 4) is 0 Å². The summed E-state index contributed by atoms with van der Waals surface area (Å²) in [5, 5.41) is 11.3. The van der Waals surface area contributed by atoms with Crippen LogP contribution < -0.4 is 0 Å². The van der Waals surface area contributed by atoms with Crippen LogP contribution in [0.15, 0.2) is 0 Å². The predicted molar refractivity (Wildman–Crippen MR) is 130 cm³/mol. The van der Waals surface area contributed by atoms with Gasteiger partial charge in [-0.25, -0.2) is 0 Å². The third-order valence-electron chi connectivity index (χ3n) is 5.59. The van der Waals surface area contributed by atoms with E-state index in [2.05, 4.69) is 0 Å². The summed E-state index contributed by atoms with van der Waals surface area (Å²) in [6.45, 7) is 15.6. The molecule has 0 saturated heterocycles. The van der Waals surface area contributed by atoms with Crippen LogP contribution in [0.2, 0.25) is 0 Å². The first-order valence-electron chi connectivity index (χ1n) is 12.7. The zero-order valence-corrected chi connectivity index (χ0v) is 23.4. The highest BCUT2D eigenvalue weighted by Crippen LogP contribution is 2.34. The van der Waals surface area contributed by atoms with Gasteiger partial charge in [0, 0.05) is 0 Å². The summed E-state index contributed by atoms with van der Waals surface area (Å²) in [6.07, 6.45) is -9.65. The highest BCUT2D eigenvalue weighted by molar-refractivity contribution is 5.75. The summed E-state index contributed by atoms with van der Waals surface area (Å²) >= 11 is 0. The first kappa shape index (κ1) is 32.3. The molecule has 0 unspecified atom stereocenters. The van der Waals surface area contributed by atoms with Crippen LogP contribution in [0.4, 0.5) is 0 Å². The molecule has 0 heterocycles. The predicted octanol–water partition coefficient (Wildman–Crippen LogP) is 2.20. The van der Waals surface area contributed by atoms with Gasteiger partial charge in [-0.3, -0.25) is 24.0 Å². The summed E-state index contributed by atoms with van der Waals surface area (Å²) in [5.41, 5.74) is 0. The number of esters is 5. The normalized spacial score (nSPS) is 25.8. The van der Waals surface area contributed by atoms with Crippen molar-refractivity contribution in [1.29, 1.82) is 0 Å². The lowest BCUT2D eigenvalue weighted by Crippen LogP contribution is -2.68. The Morgan fingerprint density at radius 1 is 0.405 bits per heavy atom. The van der Waals surface area contributed by atoms with Gasteiger partial charge in [-0.1, -0.05) is 69.2 Å². The van der Waals surface area contributed by atoms with Gasteiger partial charge in [-0.2, -0.15) is 0 Å². The topological polar surface area (TPSA) is 152 Å². The van der Waals surface area contributed by atoms with Crippen molar-refractivity contribution in [3.05, 3.63) is 0 Å². The van der Waals surface area contributed by atoms with Gasteiger partial charge in [0.1, 0.15) is 6.10 Å². The minimum absolute atomic E-state index is 0.626. The molecule has 0 bridgehead atoms. The molecule has 0 aliphatic heterocycles. The van der Waals surface area contributed by atoms with E-state index >= 15 is 0 Å². The third-order valence-corrected chi connectivity index (χ3v) is 5.59. The van der Waals surface area contributed by atoms with Gasteiger partial charge in [0.2, 0.25) is 0 Å². The first-order chi connectivity index (χ1) is 17.0. The van der Waals surface area contributed by atoms with Crippen LogP contribution in [0, 0.1) is 29.6 Å². The minimum atomic E-state index is -1.78. The van der Waals surface area contributed by atoms with Gasteiger partial charge < -0.3 is 28.8 Å². The molecule has 1 fully saturated rings. The van der Waals surface area contributed by atoms with Crippen LogP contribution in [0.3, 0.4) is 0 Å². The smallest absolute Gasteiger partial charge is 0.308 e. The molecular weight excluding hydrogens is 488 g/mol. The Bertz CT molecular complexity index is 774. The average molecular weight is 531 g/mol. The van der Waals surface area contributed by atoms with Crippen molar-refractivity contribution in [2.45, 2.75) is 106 Å². The van der Waals surface area contributed by atoms with Crippen LogP contribution in [-0.2, 0) is 47.7 Å². The van der Waals surface area contributed by atoms with Crippen LogP contribution >= 0.6 is 0 Å². The molecule has 0 radical (unpaired) electrons. The number of ether oxygens (including phenoxy) is 5. The van der Waals surface area contributed by atoms with Crippen molar-refractivity contribution in [2.24, 2.45) is 29.6 Å². The van der Waals surface area contributed by atoms with E-state index in [1.54, 1.807) is 69.2 Å². The van der Waals surface area contributed by atoms with Crippen LogP contribution in [-0.4, -0.2) is 71.6 Å². The number of aliphatic hydroxyl groups excluding tert-OH is 1. The van der Waals surface area contributed by atoms with E-state index in [1.807, 2.05) is 0 Å². The second kappa shape index (κ2) is 13.7. The highest BCUT2D eigenvalue weighted by atomic mass is 16.7. The van der Waals surface area contributed by atoms with Gasteiger partial charge in [0.25, 0.3) is 0 Å². The van der Waals surface area contributed by atoms with E-state index in [-0.39, 0.29) is 0 Å².